The molecule has 126 valence electrons. The predicted octanol–water partition coefficient (Wildman–Crippen LogP) is 7.27. The molecule has 0 radical (unpaired) electrons. The molecular formula is C20H32Cl2. The van der Waals surface area contributed by atoms with Crippen LogP contribution in [-0.2, 0) is 24.6 Å². The Balaban J connectivity index is 2.97. The minimum atomic E-state index is 0.611. The third kappa shape index (κ3) is 6.13. The van der Waals surface area contributed by atoms with Gasteiger partial charge >= 0.3 is 0 Å². The summed E-state index contributed by atoms with van der Waals surface area (Å²) in [5, 5.41) is 0. The highest BCUT2D eigenvalue weighted by atomic mass is 35.5. The maximum atomic E-state index is 6.23. The fourth-order valence-electron chi connectivity index (χ4n) is 3.08. The van der Waals surface area contributed by atoms with Gasteiger partial charge in [0.1, 0.15) is 0 Å². The molecule has 1 atom stereocenters. The van der Waals surface area contributed by atoms with Gasteiger partial charge in [-0.15, -0.1) is 23.2 Å². The molecule has 0 bridgehead atoms. The first-order valence-electron chi connectivity index (χ1n) is 8.95. The molecule has 1 aromatic rings. The molecule has 0 aliphatic carbocycles. The van der Waals surface area contributed by atoms with E-state index in [4.69, 9.17) is 23.2 Å². The topological polar surface area (TPSA) is 0 Å². The van der Waals surface area contributed by atoms with Crippen molar-refractivity contribution in [2.75, 3.05) is 0 Å². The summed E-state index contributed by atoms with van der Waals surface area (Å²) in [5.41, 5.74) is 5.45. The Morgan fingerprint density at radius 2 is 1.41 bits per heavy atom. The van der Waals surface area contributed by atoms with E-state index < -0.39 is 0 Å². The lowest BCUT2D eigenvalue weighted by Crippen LogP contribution is -2.07. The Hall–Kier alpha value is -0.200. The van der Waals surface area contributed by atoms with Crippen LogP contribution in [0.4, 0.5) is 0 Å². The summed E-state index contributed by atoms with van der Waals surface area (Å²) in [7, 11) is 0. The molecule has 0 saturated carbocycles. The van der Waals surface area contributed by atoms with Gasteiger partial charge in [0.25, 0.3) is 0 Å². The SMILES string of the molecule is CCCCc1cc(CCl)c(CC(CC)CCCC)cc1CCl. The van der Waals surface area contributed by atoms with Gasteiger partial charge in [0.2, 0.25) is 0 Å². The Labute approximate surface area is 147 Å². The largest absolute Gasteiger partial charge is 0.122 e. The van der Waals surface area contributed by atoms with E-state index in [9.17, 15) is 0 Å². The van der Waals surface area contributed by atoms with Gasteiger partial charge in [-0.3, -0.25) is 0 Å². The number of alkyl halides is 2. The van der Waals surface area contributed by atoms with Crippen molar-refractivity contribution < 1.29 is 0 Å². The maximum absolute atomic E-state index is 6.23. The zero-order valence-corrected chi connectivity index (χ0v) is 16.1. The second kappa shape index (κ2) is 11.4. The van der Waals surface area contributed by atoms with Crippen LogP contribution in [0.5, 0.6) is 0 Å². The number of hydrogen-bond donors (Lipinski definition) is 0. The molecule has 0 spiro atoms. The third-order valence-corrected chi connectivity index (χ3v) is 5.24. The summed E-state index contributed by atoms with van der Waals surface area (Å²) in [6.45, 7) is 6.81. The monoisotopic (exact) mass is 342 g/mol. The second-order valence-electron chi connectivity index (χ2n) is 6.38. The first-order chi connectivity index (χ1) is 10.7. The van der Waals surface area contributed by atoms with Crippen LogP contribution in [0, 0.1) is 5.92 Å². The second-order valence-corrected chi connectivity index (χ2v) is 6.92. The van der Waals surface area contributed by atoms with Gasteiger partial charge in [-0.05, 0) is 47.4 Å². The number of hydrogen-bond acceptors (Lipinski definition) is 0. The van der Waals surface area contributed by atoms with E-state index in [-0.39, 0.29) is 0 Å². The van der Waals surface area contributed by atoms with E-state index in [0.29, 0.717) is 11.8 Å². The van der Waals surface area contributed by atoms with Crippen LogP contribution in [0.3, 0.4) is 0 Å². The van der Waals surface area contributed by atoms with Crippen molar-refractivity contribution in [3.05, 3.63) is 34.4 Å². The number of benzene rings is 1. The average molecular weight is 343 g/mol. The molecule has 0 aliphatic rings. The molecule has 1 aromatic carbocycles. The zero-order chi connectivity index (χ0) is 16.4. The molecule has 0 heterocycles. The molecule has 0 amide bonds. The van der Waals surface area contributed by atoms with E-state index in [0.717, 1.165) is 18.8 Å². The maximum Gasteiger partial charge on any atom is 0.0476 e. The minimum Gasteiger partial charge on any atom is -0.122 e. The Kier molecular flexibility index (Phi) is 10.2. The van der Waals surface area contributed by atoms with E-state index in [1.807, 2.05) is 0 Å². The molecule has 0 saturated heterocycles. The van der Waals surface area contributed by atoms with Gasteiger partial charge in [-0.1, -0.05) is 65.0 Å². The summed E-state index contributed by atoms with van der Waals surface area (Å²) in [5.74, 6) is 1.99. The summed E-state index contributed by atoms with van der Waals surface area (Å²) in [4.78, 5) is 0. The highest BCUT2D eigenvalue weighted by molar-refractivity contribution is 6.17. The predicted molar refractivity (Wildman–Crippen MR) is 101 cm³/mol. The van der Waals surface area contributed by atoms with Crippen molar-refractivity contribution >= 4 is 23.2 Å². The molecule has 0 N–H and O–H groups in total. The lowest BCUT2D eigenvalue weighted by atomic mass is 9.87. The Morgan fingerprint density at radius 3 is 1.95 bits per heavy atom. The van der Waals surface area contributed by atoms with Gasteiger partial charge in [0.15, 0.2) is 0 Å². The third-order valence-electron chi connectivity index (χ3n) is 4.66. The van der Waals surface area contributed by atoms with E-state index in [1.54, 1.807) is 0 Å². The van der Waals surface area contributed by atoms with Crippen LogP contribution in [-0.4, -0.2) is 0 Å². The van der Waals surface area contributed by atoms with Gasteiger partial charge in [-0.25, -0.2) is 0 Å². The van der Waals surface area contributed by atoms with Crippen molar-refractivity contribution in [3.8, 4) is 0 Å². The van der Waals surface area contributed by atoms with Crippen LogP contribution in [0.2, 0.25) is 0 Å². The summed E-state index contributed by atoms with van der Waals surface area (Å²) >= 11 is 12.4. The van der Waals surface area contributed by atoms with Crippen LogP contribution < -0.4 is 0 Å². The van der Waals surface area contributed by atoms with E-state index in [2.05, 4.69) is 32.9 Å². The minimum absolute atomic E-state index is 0.611. The molecule has 0 fully saturated rings. The summed E-state index contributed by atoms with van der Waals surface area (Å²) in [6.07, 6.45) is 9.88. The van der Waals surface area contributed by atoms with Gasteiger partial charge < -0.3 is 0 Å². The van der Waals surface area contributed by atoms with Crippen molar-refractivity contribution in [3.63, 3.8) is 0 Å². The van der Waals surface area contributed by atoms with Crippen LogP contribution in [0.15, 0.2) is 12.1 Å². The van der Waals surface area contributed by atoms with Gasteiger partial charge in [-0.2, -0.15) is 0 Å². The lowest BCUT2D eigenvalue weighted by Gasteiger charge is -2.19. The number of aryl methyl sites for hydroxylation is 1. The molecule has 2 heteroatoms. The normalized spacial score (nSPS) is 12.6. The fourth-order valence-corrected chi connectivity index (χ4v) is 3.58. The lowest BCUT2D eigenvalue weighted by molar-refractivity contribution is 0.448. The van der Waals surface area contributed by atoms with Gasteiger partial charge in [0.05, 0.1) is 0 Å². The standard InChI is InChI=1S/C20H32Cl2/c1-4-7-9-16(6-3)11-18-13-19(14-21)17(10-8-5-2)12-20(18)15-22/h12-13,16H,4-11,14-15H2,1-3H3. The van der Waals surface area contributed by atoms with Crippen molar-refractivity contribution in [1.82, 2.24) is 0 Å². The van der Waals surface area contributed by atoms with Crippen LogP contribution in [0.1, 0.15) is 81.5 Å². The number of halogens is 2. The highest BCUT2D eigenvalue weighted by Crippen LogP contribution is 2.27. The Bertz CT molecular complexity index is 426. The molecule has 0 aromatic heterocycles. The van der Waals surface area contributed by atoms with Crippen molar-refractivity contribution in [1.29, 1.82) is 0 Å². The Morgan fingerprint density at radius 1 is 0.818 bits per heavy atom. The highest BCUT2D eigenvalue weighted by Gasteiger charge is 2.13. The van der Waals surface area contributed by atoms with Crippen LogP contribution >= 0.6 is 23.2 Å². The molecule has 1 rings (SSSR count). The van der Waals surface area contributed by atoms with E-state index in [1.165, 1.54) is 60.8 Å². The first kappa shape index (κ1) is 19.8. The average Bonchev–Trinajstić information content (AvgIpc) is 2.56. The smallest absolute Gasteiger partial charge is 0.0476 e. The quantitative estimate of drug-likeness (QED) is 0.371. The molecule has 0 nitrogen and oxygen atoms in total. The molecule has 0 aliphatic heterocycles. The van der Waals surface area contributed by atoms with Crippen LogP contribution in [0.25, 0.3) is 0 Å². The summed E-state index contributed by atoms with van der Waals surface area (Å²) in [6, 6.07) is 4.66. The first-order valence-corrected chi connectivity index (χ1v) is 10.0. The zero-order valence-electron chi connectivity index (χ0n) is 14.6. The molecule has 22 heavy (non-hydrogen) atoms. The molecular weight excluding hydrogens is 311 g/mol. The summed E-state index contributed by atoms with van der Waals surface area (Å²) < 4.78 is 0. The fraction of sp³-hybridized carbons (Fsp3) is 0.700. The van der Waals surface area contributed by atoms with Crippen molar-refractivity contribution in [2.45, 2.75) is 83.9 Å². The van der Waals surface area contributed by atoms with E-state index >= 15 is 0 Å². The van der Waals surface area contributed by atoms with Crippen molar-refractivity contribution in [2.24, 2.45) is 5.92 Å². The molecule has 1 unspecified atom stereocenters. The number of unbranched alkanes of at least 4 members (excludes halogenated alkanes) is 2. The van der Waals surface area contributed by atoms with Gasteiger partial charge in [0, 0.05) is 11.8 Å². The number of rotatable bonds is 11.